The molecule has 536 valence electrons. The van der Waals surface area contributed by atoms with Crippen LogP contribution >= 0.6 is 0 Å². The van der Waals surface area contributed by atoms with Crippen molar-refractivity contribution in [2.24, 2.45) is 0 Å². The Balaban J connectivity index is 0.000000175. The van der Waals surface area contributed by atoms with Gasteiger partial charge in [-0.05, 0) is 163 Å². The zero-order valence-corrected chi connectivity index (χ0v) is 56.3. The number of likely N-dealkylation sites (tertiary alicyclic amines) is 3. The summed E-state index contributed by atoms with van der Waals surface area (Å²) in [6.45, 7) is 11.5. The van der Waals surface area contributed by atoms with Gasteiger partial charge in [-0.1, -0.05) is 43.7 Å². The van der Waals surface area contributed by atoms with Gasteiger partial charge in [-0.3, -0.25) is 19.3 Å². The van der Waals surface area contributed by atoms with Crippen LogP contribution in [0.25, 0.3) is 0 Å². The number of para-hydroxylation sites is 2. The van der Waals surface area contributed by atoms with Crippen LogP contribution in [0.1, 0.15) is 140 Å². The fraction of sp³-hybridized carbons (Fsp3) is 0.466. The quantitative estimate of drug-likeness (QED) is 0.0839. The average molecular weight is 1390 g/mol. The number of benzene rings is 4. The molecule has 6 aliphatic heterocycles. The largest absolute Gasteiger partial charge is 0.493 e. The molecule has 0 saturated carbocycles. The fourth-order valence-corrected chi connectivity index (χ4v) is 14.8. The SMILES string of the molecule is CCCCOc1cc(C(=O)N2CCC3(CC2)NCCn2c(C(F)(F)F)ccc23)ccc1OC.COc1cc(C(=O)N2CCC3(CC2)c2ccc(C(F)(F)F)n2CCN3C)ccc1OC(C)C.O=C(c1ccccc1Oc1ccccc1)N1CCC2(CC1)NCCn1c(C(F)(F)F)ccc12.[HH].[HH]. The maximum atomic E-state index is 13.5. The number of ether oxygens (including phenoxy) is 5. The van der Waals surface area contributed by atoms with E-state index in [0.717, 1.165) is 12.8 Å². The van der Waals surface area contributed by atoms with Gasteiger partial charge in [0.15, 0.2) is 23.0 Å². The lowest BCUT2D eigenvalue weighted by molar-refractivity contribution is -0.145. The van der Waals surface area contributed by atoms with E-state index in [1.807, 2.05) is 57.3 Å². The number of methoxy groups -OCH3 is 2. The van der Waals surface area contributed by atoms with Crippen LogP contribution in [0.5, 0.6) is 34.5 Å². The van der Waals surface area contributed by atoms with Crippen molar-refractivity contribution in [1.29, 1.82) is 0 Å². The number of carbonyl (C=O) groups is 3. The summed E-state index contributed by atoms with van der Waals surface area (Å²) < 4.78 is 153. The van der Waals surface area contributed by atoms with Gasteiger partial charge in [0.2, 0.25) is 0 Å². The van der Waals surface area contributed by atoms with Gasteiger partial charge in [-0.25, -0.2) is 0 Å². The van der Waals surface area contributed by atoms with Crippen LogP contribution in [-0.4, -0.2) is 144 Å². The second kappa shape index (κ2) is 29.3. The zero-order valence-electron chi connectivity index (χ0n) is 56.3. The number of halogens is 9. The van der Waals surface area contributed by atoms with E-state index in [1.165, 1.54) is 39.0 Å². The van der Waals surface area contributed by atoms with Crippen molar-refractivity contribution in [3.63, 3.8) is 0 Å². The number of nitrogens with zero attached hydrogens (tertiary/aromatic N) is 7. The Morgan fingerprint density at radius 3 is 1.44 bits per heavy atom. The Kier molecular flexibility index (Phi) is 21.2. The van der Waals surface area contributed by atoms with Crippen LogP contribution in [0.2, 0.25) is 0 Å². The van der Waals surface area contributed by atoms with Crippen LogP contribution in [0.3, 0.4) is 0 Å². The predicted molar refractivity (Wildman–Crippen MR) is 357 cm³/mol. The molecule has 2 N–H and O–H groups in total. The van der Waals surface area contributed by atoms with Gasteiger partial charge in [0, 0.05) is 110 Å². The lowest BCUT2D eigenvalue weighted by atomic mass is 9.81. The first-order chi connectivity index (χ1) is 47.2. The molecule has 3 spiro atoms. The molecule has 0 unspecified atom stereocenters. The summed E-state index contributed by atoms with van der Waals surface area (Å²) in [5, 5.41) is 6.89. The third-order valence-corrected chi connectivity index (χ3v) is 20.0. The molecule has 0 aliphatic carbocycles. The molecular formula is C73H88F9N9O8. The minimum atomic E-state index is -4.38. The van der Waals surface area contributed by atoms with Gasteiger partial charge < -0.3 is 62.7 Å². The summed E-state index contributed by atoms with van der Waals surface area (Å²) in [4.78, 5) is 47.2. The summed E-state index contributed by atoms with van der Waals surface area (Å²) in [6, 6.07) is 35.0. The van der Waals surface area contributed by atoms with Crippen molar-refractivity contribution in [3.05, 3.63) is 178 Å². The lowest BCUT2D eigenvalue weighted by Crippen LogP contribution is -2.56. The number of unbranched alkanes of at least 4 members (excludes halogenated alkanes) is 1. The number of hydrogen-bond donors (Lipinski definition) is 2. The summed E-state index contributed by atoms with van der Waals surface area (Å²) >= 11 is 0. The van der Waals surface area contributed by atoms with Crippen molar-refractivity contribution < 1.29 is 80.4 Å². The zero-order chi connectivity index (χ0) is 70.7. The van der Waals surface area contributed by atoms with Crippen LogP contribution in [-0.2, 0) is 54.8 Å². The van der Waals surface area contributed by atoms with Gasteiger partial charge in [-0.2, -0.15) is 39.5 Å². The molecule has 6 aliphatic rings. The van der Waals surface area contributed by atoms with Crippen LogP contribution in [0.15, 0.2) is 127 Å². The van der Waals surface area contributed by atoms with Crippen molar-refractivity contribution in [3.8, 4) is 34.5 Å². The minimum absolute atomic E-state index is 0. The number of aromatic nitrogens is 3. The Hall–Kier alpha value is -8.62. The molecular weight excluding hydrogens is 1300 g/mol. The van der Waals surface area contributed by atoms with Crippen molar-refractivity contribution in [1.82, 2.24) is 43.9 Å². The van der Waals surface area contributed by atoms with E-state index in [4.69, 9.17) is 23.7 Å². The summed E-state index contributed by atoms with van der Waals surface area (Å²) in [7, 11) is 5.05. The number of nitrogens with one attached hydrogen (secondary N) is 2. The Morgan fingerprint density at radius 1 is 0.495 bits per heavy atom. The first-order valence-corrected chi connectivity index (χ1v) is 33.6. The summed E-state index contributed by atoms with van der Waals surface area (Å²) in [5.41, 5.74) is 0.0517. The predicted octanol–water partition coefficient (Wildman–Crippen LogP) is 14.3. The van der Waals surface area contributed by atoms with E-state index in [9.17, 15) is 53.9 Å². The number of hydrogen-bond acceptors (Lipinski definition) is 11. The Labute approximate surface area is 572 Å². The smallest absolute Gasteiger partial charge is 0.431 e. The highest BCUT2D eigenvalue weighted by molar-refractivity contribution is 5.97. The van der Waals surface area contributed by atoms with E-state index in [0.29, 0.717) is 179 Å². The maximum absolute atomic E-state index is 13.5. The van der Waals surface area contributed by atoms with Gasteiger partial charge >= 0.3 is 18.5 Å². The number of likely N-dealkylation sites (N-methyl/N-ethyl adjacent to an activating group) is 1. The number of rotatable bonds is 13. The van der Waals surface area contributed by atoms with Crippen LogP contribution in [0.4, 0.5) is 39.5 Å². The first kappa shape index (κ1) is 71.7. The Bertz CT molecular complexity index is 3980. The maximum Gasteiger partial charge on any atom is 0.431 e. The fourth-order valence-electron chi connectivity index (χ4n) is 14.8. The van der Waals surface area contributed by atoms with Gasteiger partial charge in [0.25, 0.3) is 17.7 Å². The standard InChI is InChI=1S/C25H24F3N3O2.2C24H30F3N3O3.2H2/c26-25(27,28)22-11-10-21-24(29-14-17-31(21)22)12-15-30(16-13-24)23(32)19-8-4-5-9-20(19)33-18-6-2-1-3-7-18;1-16(2)33-18-6-5-17(15-19(18)32-4)22(31)29-11-9-23(10-12-29)20-7-8-21(24(25,26)27)30(20)14-13-28(23)3;1-3-4-15-33-19-16-17(5-6-18(19)32-2)22(31)29-12-9-23(10-13-29)20-7-8-21(24(25,26)27)30(20)14-11-28-23;;/h1-11,29H,12-17H2;5-8,15-16H,9-14H2,1-4H3;5-8,16,28H,3-4,9-15H2,1-2H3;2*1H. The molecule has 3 amide bonds. The van der Waals surface area contributed by atoms with Gasteiger partial charge in [0.1, 0.15) is 28.6 Å². The van der Waals surface area contributed by atoms with E-state index in [2.05, 4.69) is 22.5 Å². The molecule has 3 fully saturated rings. The highest BCUT2D eigenvalue weighted by Crippen LogP contribution is 2.46. The van der Waals surface area contributed by atoms with E-state index >= 15 is 0 Å². The number of fused-ring (bicyclic) bond motifs is 6. The molecule has 7 aromatic rings. The third kappa shape index (κ3) is 15.0. The molecule has 0 radical (unpaired) electrons. The van der Waals surface area contributed by atoms with Crippen LogP contribution < -0.4 is 34.3 Å². The van der Waals surface area contributed by atoms with Gasteiger partial charge in [0.05, 0.1) is 49.1 Å². The lowest BCUT2D eigenvalue weighted by Gasteiger charge is -2.50. The third-order valence-electron chi connectivity index (χ3n) is 20.0. The van der Waals surface area contributed by atoms with Gasteiger partial charge in [-0.15, -0.1) is 0 Å². The van der Waals surface area contributed by atoms with E-state index < -0.39 is 52.2 Å². The minimum Gasteiger partial charge on any atom is -0.493 e. The summed E-state index contributed by atoms with van der Waals surface area (Å²) in [5.74, 6) is 2.93. The van der Waals surface area contributed by atoms with Crippen molar-refractivity contribution in [2.45, 2.75) is 133 Å². The second-order valence-corrected chi connectivity index (χ2v) is 26.1. The Morgan fingerprint density at radius 2 is 0.949 bits per heavy atom. The molecule has 0 atom stereocenters. The number of carbonyl (C=O) groups excluding carboxylic acids is 3. The number of alkyl halides is 9. The normalized spacial score (nSPS) is 17.9. The molecule has 17 nitrogen and oxygen atoms in total. The molecule has 4 aromatic carbocycles. The molecule has 0 bridgehead atoms. The molecule has 13 rings (SSSR count). The van der Waals surface area contributed by atoms with E-state index in [-0.39, 0.29) is 39.8 Å². The molecule has 9 heterocycles. The molecule has 3 saturated heterocycles. The molecule has 26 heteroatoms. The van der Waals surface area contributed by atoms with E-state index in [1.54, 1.807) is 94.6 Å². The van der Waals surface area contributed by atoms with Crippen molar-refractivity contribution in [2.75, 3.05) is 86.8 Å². The number of piperidine rings is 3. The van der Waals surface area contributed by atoms with Crippen LogP contribution in [0, 0.1) is 0 Å². The molecule has 99 heavy (non-hydrogen) atoms. The molecule has 3 aromatic heterocycles. The first-order valence-electron chi connectivity index (χ1n) is 33.6. The highest BCUT2D eigenvalue weighted by atomic mass is 19.4. The number of amides is 3. The van der Waals surface area contributed by atoms with Crippen molar-refractivity contribution >= 4 is 17.7 Å². The second-order valence-electron chi connectivity index (χ2n) is 26.1. The summed E-state index contributed by atoms with van der Waals surface area (Å²) in [6.07, 6.45) is -7.92. The topological polar surface area (TPSA) is 149 Å². The highest BCUT2D eigenvalue weighted by Gasteiger charge is 2.50. The monoisotopic (exact) mass is 1390 g/mol. The average Bonchev–Trinajstić information content (AvgIpc) is 1.67.